The lowest BCUT2D eigenvalue weighted by atomic mass is 9.86. The molecule has 2 aliphatic heterocycles. The molecular weight excluding hydrogens is 360 g/mol. The van der Waals surface area contributed by atoms with Crippen molar-refractivity contribution in [1.82, 2.24) is 4.90 Å². The van der Waals surface area contributed by atoms with Crippen molar-refractivity contribution in [3.05, 3.63) is 69.6 Å². The quantitative estimate of drug-likeness (QED) is 0.871. The fraction of sp³-hybridized carbons (Fsp3) is 0.222. The van der Waals surface area contributed by atoms with E-state index in [2.05, 4.69) is 6.07 Å². The molecule has 1 aromatic heterocycles. The minimum Gasteiger partial charge on any atom is -0.464 e. The predicted octanol–water partition coefficient (Wildman–Crippen LogP) is 3.58. The van der Waals surface area contributed by atoms with Gasteiger partial charge in [-0.15, -0.1) is 11.8 Å². The number of aliphatic hydroxyl groups is 1. The molecule has 2 atom stereocenters. The maximum atomic E-state index is 12.8. The van der Waals surface area contributed by atoms with Crippen LogP contribution in [0.1, 0.15) is 23.7 Å². The van der Waals surface area contributed by atoms with Crippen molar-refractivity contribution in [2.75, 3.05) is 5.75 Å². The Morgan fingerprint density at radius 1 is 1.36 bits per heavy atom. The molecule has 4 rings (SSSR count). The Hall–Kier alpha value is -2.20. The number of rotatable bonds is 2. The van der Waals surface area contributed by atoms with Crippen molar-refractivity contribution < 1.29 is 14.3 Å². The summed E-state index contributed by atoms with van der Waals surface area (Å²) in [5.41, 5.74) is -0.224. The first-order valence-corrected chi connectivity index (χ1v) is 9.03. The first-order valence-electron chi connectivity index (χ1n) is 7.66. The van der Waals surface area contributed by atoms with Crippen LogP contribution in [0.25, 0.3) is 0 Å². The van der Waals surface area contributed by atoms with Gasteiger partial charge in [-0.1, -0.05) is 23.7 Å². The zero-order chi connectivity index (χ0) is 17.6. The van der Waals surface area contributed by atoms with Gasteiger partial charge in [-0.2, -0.15) is 5.26 Å². The molecule has 5 nitrogen and oxygen atoms in total. The van der Waals surface area contributed by atoms with Gasteiger partial charge >= 0.3 is 0 Å². The summed E-state index contributed by atoms with van der Waals surface area (Å²) in [5, 5.41) is 21.9. The lowest BCUT2D eigenvalue weighted by Crippen LogP contribution is -2.48. The number of nitriles is 1. The molecule has 3 heterocycles. The van der Waals surface area contributed by atoms with Crippen LogP contribution in [-0.4, -0.2) is 21.7 Å². The zero-order valence-electron chi connectivity index (χ0n) is 13.0. The molecule has 1 amide bonds. The van der Waals surface area contributed by atoms with Gasteiger partial charge in [0.15, 0.2) is 5.76 Å². The first-order chi connectivity index (χ1) is 12.0. The minimum atomic E-state index is -1.56. The third kappa shape index (κ3) is 2.47. The van der Waals surface area contributed by atoms with E-state index in [1.54, 1.807) is 24.3 Å². The molecule has 1 saturated heterocycles. The summed E-state index contributed by atoms with van der Waals surface area (Å²) in [5.74, 6) is -0.0592. The highest BCUT2D eigenvalue weighted by Gasteiger charge is 2.53. The van der Waals surface area contributed by atoms with Crippen LogP contribution in [-0.2, 0) is 10.5 Å². The van der Waals surface area contributed by atoms with Crippen molar-refractivity contribution in [2.45, 2.75) is 18.1 Å². The molecule has 2 aliphatic rings. The second kappa shape index (κ2) is 5.95. The monoisotopic (exact) mass is 372 g/mol. The van der Waals surface area contributed by atoms with E-state index in [1.807, 2.05) is 12.1 Å². The standard InChI is InChI=1S/C18H13ClN2O3S/c19-12-5-3-11(4-6-12)13-8-16(22)21-17(14(13)9-20)25-10-18(21,23)15-2-1-7-24-15/h1-7,13,23H,8,10H2. The fourth-order valence-electron chi connectivity index (χ4n) is 3.29. The fourth-order valence-corrected chi connectivity index (χ4v) is 4.75. The lowest BCUT2D eigenvalue weighted by molar-refractivity contribution is -0.152. The van der Waals surface area contributed by atoms with E-state index in [0.29, 0.717) is 21.4 Å². The van der Waals surface area contributed by atoms with Gasteiger partial charge in [-0.25, -0.2) is 0 Å². The van der Waals surface area contributed by atoms with E-state index in [4.69, 9.17) is 16.0 Å². The van der Waals surface area contributed by atoms with E-state index >= 15 is 0 Å². The molecule has 0 spiro atoms. The Bertz CT molecular complexity index is 901. The van der Waals surface area contributed by atoms with Gasteiger partial charge in [0.2, 0.25) is 11.6 Å². The van der Waals surface area contributed by atoms with Crippen LogP contribution in [0.3, 0.4) is 0 Å². The number of hydrogen-bond acceptors (Lipinski definition) is 5. The molecule has 126 valence electrons. The Balaban J connectivity index is 1.81. The second-order valence-corrected chi connectivity index (χ2v) is 7.35. The Labute approximate surface area is 153 Å². The number of benzene rings is 1. The Kier molecular flexibility index (Phi) is 3.88. The smallest absolute Gasteiger partial charge is 0.231 e. The van der Waals surface area contributed by atoms with Gasteiger partial charge in [0.1, 0.15) is 0 Å². The van der Waals surface area contributed by atoms with E-state index in [-0.39, 0.29) is 24.0 Å². The highest BCUT2D eigenvalue weighted by Crippen LogP contribution is 2.51. The van der Waals surface area contributed by atoms with Crippen LogP contribution in [0.2, 0.25) is 5.02 Å². The van der Waals surface area contributed by atoms with Crippen molar-refractivity contribution in [1.29, 1.82) is 5.26 Å². The summed E-state index contributed by atoms with van der Waals surface area (Å²) in [4.78, 5) is 14.1. The molecule has 25 heavy (non-hydrogen) atoms. The summed E-state index contributed by atoms with van der Waals surface area (Å²) in [6.07, 6.45) is 1.56. The SMILES string of the molecule is N#CC1=C2SCC(O)(c3ccco3)N2C(=O)CC1c1ccc(Cl)cc1. The van der Waals surface area contributed by atoms with Crippen LogP contribution < -0.4 is 0 Å². The normalized spacial score (nSPS) is 25.9. The average molecular weight is 373 g/mol. The van der Waals surface area contributed by atoms with E-state index in [1.165, 1.54) is 22.9 Å². The molecule has 1 aromatic carbocycles. The highest BCUT2D eigenvalue weighted by atomic mass is 35.5. The number of fused-ring (bicyclic) bond motifs is 1. The number of carbonyl (C=O) groups excluding carboxylic acids is 1. The lowest BCUT2D eigenvalue weighted by Gasteiger charge is -2.36. The summed E-state index contributed by atoms with van der Waals surface area (Å²) in [6.45, 7) is 0. The molecule has 0 saturated carbocycles. The topological polar surface area (TPSA) is 77.5 Å². The molecule has 0 radical (unpaired) electrons. The van der Waals surface area contributed by atoms with Gasteiger partial charge in [0, 0.05) is 17.4 Å². The summed E-state index contributed by atoms with van der Waals surface area (Å²) >= 11 is 7.23. The molecule has 1 N–H and O–H groups in total. The molecule has 2 aromatic rings. The highest BCUT2D eigenvalue weighted by molar-refractivity contribution is 8.03. The van der Waals surface area contributed by atoms with E-state index in [0.717, 1.165) is 5.56 Å². The van der Waals surface area contributed by atoms with Crippen molar-refractivity contribution in [3.8, 4) is 6.07 Å². The van der Waals surface area contributed by atoms with Crippen LogP contribution in [0.15, 0.2) is 57.7 Å². The molecule has 1 fully saturated rings. The van der Waals surface area contributed by atoms with Gasteiger partial charge in [0.25, 0.3) is 0 Å². The number of carbonyl (C=O) groups is 1. The van der Waals surface area contributed by atoms with Gasteiger partial charge in [-0.05, 0) is 29.8 Å². The largest absolute Gasteiger partial charge is 0.464 e. The number of hydrogen-bond donors (Lipinski definition) is 1. The maximum Gasteiger partial charge on any atom is 0.231 e. The number of furan rings is 1. The maximum absolute atomic E-state index is 12.8. The van der Waals surface area contributed by atoms with Gasteiger partial charge < -0.3 is 9.52 Å². The minimum absolute atomic E-state index is 0.109. The number of thioether (sulfide) groups is 1. The number of halogens is 1. The van der Waals surface area contributed by atoms with Crippen molar-refractivity contribution >= 4 is 29.3 Å². The average Bonchev–Trinajstić information content (AvgIpc) is 3.25. The van der Waals surface area contributed by atoms with Gasteiger partial charge in [-0.3, -0.25) is 9.69 Å². The molecule has 2 unspecified atom stereocenters. The first kappa shape index (κ1) is 16.3. The Morgan fingerprint density at radius 2 is 2.12 bits per heavy atom. The van der Waals surface area contributed by atoms with Crippen molar-refractivity contribution in [2.24, 2.45) is 0 Å². The third-order valence-electron chi connectivity index (χ3n) is 4.50. The van der Waals surface area contributed by atoms with E-state index in [9.17, 15) is 15.2 Å². The molecule has 0 aliphatic carbocycles. The summed E-state index contributed by atoms with van der Waals surface area (Å²) in [6, 6.07) is 12.7. The van der Waals surface area contributed by atoms with Crippen LogP contribution in [0, 0.1) is 11.3 Å². The number of allylic oxidation sites excluding steroid dienone is 1. The van der Waals surface area contributed by atoms with Crippen LogP contribution >= 0.6 is 23.4 Å². The molecule has 7 heteroatoms. The van der Waals surface area contributed by atoms with Crippen molar-refractivity contribution in [3.63, 3.8) is 0 Å². The van der Waals surface area contributed by atoms with Crippen LogP contribution in [0.4, 0.5) is 0 Å². The number of nitrogens with zero attached hydrogens (tertiary/aromatic N) is 2. The second-order valence-electron chi connectivity index (χ2n) is 5.95. The number of amides is 1. The summed E-state index contributed by atoms with van der Waals surface area (Å²) in [7, 11) is 0. The predicted molar refractivity (Wildman–Crippen MR) is 93.4 cm³/mol. The zero-order valence-corrected chi connectivity index (χ0v) is 14.5. The van der Waals surface area contributed by atoms with Crippen LogP contribution in [0.5, 0.6) is 0 Å². The third-order valence-corrected chi connectivity index (χ3v) is 5.97. The van der Waals surface area contributed by atoms with E-state index < -0.39 is 5.72 Å². The van der Waals surface area contributed by atoms with Gasteiger partial charge in [0.05, 0.1) is 28.7 Å². The molecular formula is C18H13ClN2O3S. The Morgan fingerprint density at radius 3 is 2.76 bits per heavy atom. The summed E-state index contributed by atoms with van der Waals surface area (Å²) < 4.78 is 5.33. The molecule has 0 bridgehead atoms.